The highest BCUT2D eigenvalue weighted by molar-refractivity contribution is 6.32. The number of pyridine rings is 1. The molecule has 1 amide bonds. The molecule has 0 unspecified atom stereocenters. The van der Waals surface area contributed by atoms with Crippen LogP contribution in [0, 0.1) is 5.82 Å². The molecule has 1 aromatic heterocycles. The van der Waals surface area contributed by atoms with Gasteiger partial charge in [0.1, 0.15) is 22.5 Å². The zero-order chi connectivity index (χ0) is 19.2. The molecular formula is C19H15ClFN3O3. The van der Waals surface area contributed by atoms with Gasteiger partial charge in [-0.2, -0.15) is 5.10 Å². The Morgan fingerprint density at radius 1 is 1.26 bits per heavy atom. The second-order valence-corrected chi connectivity index (χ2v) is 5.82. The quantitative estimate of drug-likeness (QED) is 0.399. The van der Waals surface area contributed by atoms with E-state index in [-0.39, 0.29) is 17.5 Å². The van der Waals surface area contributed by atoms with Gasteiger partial charge >= 0.3 is 0 Å². The first kappa shape index (κ1) is 18.6. The lowest BCUT2D eigenvalue weighted by Gasteiger charge is -2.05. The molecule has 0 atom stereocenters. The van der Waals surface area contributed by atoms with E-state index in [0.717, 1.165) is 5.39 Å². The van der Waals surface area contributed by atoms with E-state index in [1.165, 1.54) is 24.4 Å². The molecule has 0 fully saturated rings. The van der Waals surface area contributed by atoms with Gasteiger partial charge in [0.25, 0.3) is 5.91 Å². The summed E-state index contributed by atoms with van der Waals surface area (Å²) in [6.45, 7) is -0.304. The van der Waals surface area contributed by atoms with E-state index < -0.39 is 11.7 Å². The summed E-state index contributed by atoms with van der Waals surface area (Å²) in [4.78, 5) is 16.0. The van der Waals surface area contributed by atoms with Gasteiger partial charge < -0.3 is 9.47 Å². The van der Waals surface area contributed by atoms with Crippen molar-refractivity contribution < 1.29 is 18.7 Å². The van der Waals surface area contributed by atoms with Crippen molar-refractivity contribution >= 4 is 34.6 Å². The van der Waals surface area contributed by atoms with E-state index >= 15 is 0 Å². The maximum Gasteiger partial charge on any atom is 0.277 e. The van der Waals surface area contributed by atoms with Crippen LogP contribution in [0.4, 0.5) is 4.39 Å². The number of hydrogen-bond acceptors (Lipinski definition) is 5. The Balaban J connectivity index is 1.63. The Morgan fingerprint density at radius 2 is 2.11 bits per heavy atom. The predicted octanol–water partition coefficient (Wildman–Crippen LogP) is 3.57. The summed E-state index contributed by atoms with van der Waals surface area (Å²) in [5.74, 6) is 0.00483. The Morgan fingerprint density at radius 3 is 2.89 bits per heavy atom. The minimum absolute atomic E-state index is 0.252. The van der Waals surface area contributed by atoms with Gasteiger partial charge in [-0.3, -0.25) is 4.79 Å². The number of amides is 1. The average Bonchev–Trinajstić information content (AvgIpc) is 2.66. The topological polar surface area (TPSA) is 72.8 Å². The first-order valence-electron chi connectivity index (χ1n) is 7.90. The lowest BCUT2D eigenvalue weighted by molar-refractivity contribution is -0.123. The van der Waals surface area contributed by atoms with Crippen LogP contribution in [0.1, 0.15) is 5.56 Å². The van der Waals surface area contributed by atoms with Crippen LogP contribution in [0.3, 0.4) is 0 Å². The molecule has 3 aromatic rings. The van der Waals surface area contributed by atoms with Crippen LogP contribution in [0.2, 0.25) is 5.15 Å². The molecule has 6 nitrogen and oxygen atoms in total. The van der Waals surface area contributed by atoms with Crippen molar-refractivity contribution in [2.45, 2.75) is 0 Å². The standard InChI is InChI=1S/C19H15ClFN3O3/c1-26-15-5-6-17-12(8-15)7-13(19(20)23-17)10-22-24-18(25)11-27-16-4-2-3-14(21)9-16/h2-10H,11H2,1H3,(H,24,25)/b22-10-. The van der Waals surface area contributed by atoms with Crippen molar-refractivity contribution in [3.05, 3.63) is 65.1 Å². The van der Waals surface area contributed by atoms with Gasteiger partial charge in [0, 0.05) is 17.0 Å². The first-order chi connectivity index (χ1) is 13.0. The highest BCUT2D eigenvalue weighted by Crippen LogP contribution is 2.23. The fourth-order valence-electron chi connectivity index (χ4n) is 2.28. The summed E-state index contributed by atoms with van der Waals surface area (Å²) in [5.41, 5.74) is 3.56. The van der Waals surface area contributed by atoms with Gasteiger partial charge in [0.15, 0.2) is 6.61 Å². The van der Waals surface area contributed by atoms with Gasteiger partial charge in [-0.15, -0.1) is 0 Å². The van der Waals surface area contributed by atoms with E-state index in [2.05, 4.69) is 15.5 Å². The highest BCUT2D eigenvalue weighted by Gasteiger charge is 2.06. The summed E-state index contributed by atoms with van der Waals surface area (Å²) in [5, 5.41) is 4.92. The molecule has 0 aliphatic carbocycles. The molecular weight excluding hydrogens is 373 g/mol. The fraction of sp³-hybridized carbons (Fsp3) is 0.105. The molecule has 0 saturated carbocycles. The van der Waals surface area contributed by atoms with E-state index in [4.69, 9.17) is 21.1 Å². The Labute approximate surface area is 159 Å². The third-order valence-electron chi connectivity index (χ3n) is 3.56. The number of carbonyl (C=O) groups is 1. The molecule has 27 heavy (non-hydrogen) atoms. The molecule has 0 bridgehead atoms. The largest absolute Gasteiger partial charge is 0.497 e. The highest BCUT2D eigenvalue weighted by atomic mass is 35.5. The fourth-order valence-corrected chi connectivity index (χ4v) is 2.47. The molecule has 0 spiro atoms. The number of aromatic nitrogens is 1. The third kappa shape index (κ3) is 4.92. The average molecular weight is 388 g/mol. The van der Waals surface area contributed by atoms with Gasteiger partial charge in [0.2, 0.25) is 0 Å². The monoisotopic (exact) mass is 387 g/mol. The summed E-state index contributed by atoms with van der Waals surface area (Å²) >= 11 is 6.14. The van der Waals surface area contributed by atoms with Crippen molar-refractivity contribution in [3.8, 4) is 11.5 Å². The second-order valence-electron chi connectivity index (χ2n) is 5.47. The molecule has 1 heterocycles. The van der Waals surface area contributed by atoms with Crippen molar-refractivity contribution in [1.82, 2.24) is 10.4 Å². The number of carbonyl (C=O) groups excluding carboxylic acids is 1. The number of rotatable bonds is 6. The van der Waals surface area contributed by atoms with E-state index in [1.54, 1.807) is 31.4 Å². The number of hydrogen-bond donors (Lipinski definition) is 1. The number of methoxy groups -OCH3 is 1. The molecule has 0 radical (unpaired) electrons. The van der Waals surface area contributed by atoms with Crippen molar-refractivity contribution in [1.29, 1.82) is 0 Å². The molecule has 138 valence electrons. The van der Waals surface area contributed by atoms with E-state index in [1.807, 2.05) is 6.07 Å². The lowest BCUT2D eigenvalue weighted by atomic mass is 10.1. The molecule has 0 aliphatic heterocycles. The molecule has 1 N–H and O–H groups in total. The Hall–Kier alpha value is -3.19. The minimum Gasteiger partial charge on any atom is -0.497 e. The summed E-state index contributed by atoms with van der Waals surface area (Å²) in [6.07, 6.45) is 1.38. The van der Waals surface area contributed by atoms with Gasteiger partial charge in [0.05, 0.1) is 18.8 Å². The molecule has 3 rings (SSSR count). The van der Waals surface area contributed by atoms with Crippen molar-refractivity contribution in [2.24, 2.45) is 5.10 Å². The van der Waals surface area contributed by atoms with Crippen molar-refractivity contribution in [2.75, 3.05) is 13.7 Å². The minimum atomic E-state index is -0.498. The van der Waals surface area contributed by atoms with Crippen LogP contribution in [0.5, 0.6) is 11.5 Å². The van der Waals surface area contributed by atoms with Crippen LogP contribution in [0.15, 0.2) is 53.6 Å². The van der Waals surface area contributed by atoms with Gasteiger partial charge in [-0.25, -0.2) is 14.8 Å². The lowest BCUT2D eigenvalue weighted by Crippen LogP contribution is -2.24. The third-order valence-corrected chi connectivity index (χ3v) is 3.86. The maximum atomic E-state index is 13.0. The predicted molar refractivity (Wildman–Crippen MR) is 101 cm³/mol. The van der Waals surface area contributed by atoms with Crippen LogP contribution in [0.25, 0.3) is 10.9 Å². The van der Waals surface area contributed by atoms with Crippen molar-refractivity contribution in [3.63, 3.8) is 0 Å². The number of nitrogens with zero attached hydrogens (tertiary/aromatic N) is 2. The Bertz CT molecular complexity index is 1010. The zero-order valence-electron chi connectivity index (χ0n) is 14.3. The van der Waals surface area contributed by atoms with Gasteiger partial charge in [-0.05, 0) is 36.4 Å². The zero-order valence-corrected chi connectivity index (χ0v) is 15.0. The van der Waals surface area contributed by atoms with Crippen LogP contribution < -0.4 is 14.9 Å². The summed E-state index contributed by atoms with van der Waals surface area (Å²) < 4.78 is 23.4. The van der Waals surface area contributed by atoms with E-state index in [9.17, 15) is 9.18 Å². The SMILES string of the molecule is COc1ccc2nc(Cl)c(/C=N\NC(=O)COc3cccc(F)c3)cc2c1. The maximum absolute atomic E-state index is 13.0. The number of benzene rings is 2. The first-order valence-corrected chi connectivity index (χ1v) is 8.27. The number of hydrazone groups is 1. The number of fused-ring (bicyclic) bond motifs is 1. The van der Waals surface area contributed by atoms with E-state index in [0.29, 0.717) is 16.8 Å². The molecule has 0 saturated heterocycles. The van der Waals surface area contributed by atoms with Gasteiger partial charge in [-0.1, -0.05) is 17.7 Å². The number of nitrogens with one attached hydrogen (secondary N) is 1. The number of halogens is 2. The molecule has 2 aromatic carbocycles. The summed E-state index contributed by atoms with van der Waals surface area (Å²) in [6, 6.07) is 12.7. The van der Waals surface area contributed by atoms with Crippen LogP contribution in [-0.4, -0.2) is 30.8 Å². The normalized spacial score (nSPS) is 10.9. The number of ether oxygens (including phenoxy) is 2. The molecule has 8 heteroatoms. The van der Waals surface area contributed by atoms with Crippen LogP contribution >= 0.6 is 11.6 Å². The second kappa shape index (κ2) is 8.46. The summed E-state index contributed by atoms with van der Waals surface area (Å²) in [7, 11) is 1.58. The van der Waals surface area contributed by atoms with Crippen LogP contribution in [-0.2, 0) is 4.79 Å². The Kier molecular flexibility index (Phi) is 5.83. The smallest absolute Gasteiger partial charge is 0.277 e. The molecule has 0 aliphatic rings.